The maximum absolute atomic E-state index is 7.35. The maximum Gasteiger partial charge on any atom is 0.0280 e. The van der Waals surface area contributed by atoms with Gasteiger partial charge in [-0.3, -0.25) is 0 Å². The van der Waals surface area contributed by atoms with E-state index < -0.39 is 0 Å². The molecule has 0 saturated heterocycles. The first kappa shape index (κ1) is 4.95. The van der Waals surface area contributed by atoms with Gasteiger partial charge in [0.15, 0.2) is 0 Å². The lowest BCUT2D eigenvalue weighted by molar-refractivity contribution is 1.09. The van der Waals surface area contributed by atoms with E-state index >= 15 is 0 Å². The van der Waals surface area contributed by atoms with Gasteiger partial charge in [-0.1, -0.05) is 25.1 Å². The molecule has 0 amide bonds. The minimum absolute atomic E-state index is 0.294. The first-order valence-electron chi connectivity index (χ1n) is 4.93. The average molecular weight is 136 g/mol. The summed E-state index contributed by atoms with van der Waals surface area (Å²) in [5.41, 5.74) is 3.27. The third-order valence-corrected chi connectivity index (χ3v) is 1.75. The van der Waals surface area contributed by atoms with Crippen molar-refractivity contribution in [2.45, 2.75) is 27.1 Å². The molecule has 0 aliphatic heterocycles. The predicted molar refractivity (Wildman–Crippen MR) is 45.3 cm³/mol. The van der Waals surface area contributed by atoms with Gasteiger partial charge >= 0.3 is 0 Å². The molecule has 0 heterocycles. The molecule has 0 N–H and O–H groups in total. The average Bonchev–Trinajstić information content (AvgIpc) is 2.16. The zero-order valence-electron chi connectivity index (χ0n) is 8.35. The van der Waals surface area contributed by atoms with Gasteiger partial charge in [0.2, 0.25) is 0 Å². The van der Waals surface area contributed by atoms with Crippen LogP contribution in [0.4, 0.5) is 0 Å². The monoisotopic (exact) mass is 136 g/mol. The lowest BCUT2D eigenvalue weighted by atomic mass is 10.0. The van der Waals surface area contributed by atoms with Crippen LogP contribution in [0.2, 0.25) is 0 Å². The van der Waals surface area contributed by atoms with Crippen molar-refractivity contribution in [1.29, 1.82) is 0 Å². The van der Waals surface area contributed by atoms with Gasteiger partial charge < -0.3 is 0 Å². The summed E-state index contributed by atoms with van der Waals surface area (Å²) in [6, 6.07) is 5.96. The molecule has 0 saturated carbocycles. The molecule has 10 heavy (non-hydrogen) atoms. The Balaban J connectivity index is 3.13. The van der Waals surface area contributed by atoms with Gasteiger partial charge in [0, 0.05) is 2.74 Å². The smallest absolute Gasteiger partial charge is 0.0280 e. The molecule has 0 aliphatic rings. The zero-order valence-corrected chi connectivity index (χ0v) is 6.35. The molecule has 0 spiro atoms. The normalized spacial score (nSPS) is 12.5. The number of rotatable bonds is 1. The van der Waals surface area contributed by atoms with E-state index in [1.165, 1.54) is 5.56 Å². The van der Waals surface area contributed by atoms with Crippen molar-refractivity contribution in [3.05, 3.63) is 34.9 Å². The summed E-state index contributed by atoms with van der Waals surface area (Å²) in [5.74, 6) is 0. The minimum Gasteiger partial charge on any atom is -0.0617 e. The van der Waals surface area contributed by atoms with E-state index in [0.29, 0.717) is 13.8 Å². The fraction of sp³-hybridized carbons (Fsp3) is 0.400. The number of hydrogen-bond donors (Lipinski definition) is 0. The summed E-state index contributed by atoms with van der Waals surface area (Å²) >= 11 is 0. The van der Waals surface area contributed by atoms with Crippen LogP contribution in [0.3, 0.4) is 0 Å². The largest absolute Gasteiger partial charge is 0.0617 e. The summed E-state index contributed by atoms with van der Waals surface area (Å²) < 4.78 is 14.6. The van der Waals surface area contributed by atoms with Crippen LogP contribution in [-0.2, 0) is 6.42 Å². The van der Waals surface area contributed by atoms with Crippen LogP contribution in [0.15, 0.2) is 18.2 Å². The van der Waals surface area contributed by atoms with Gasteiger partial charge in [0.1, 0.15) is 0 Å². The van der Waals surface area contributed by atoms with E-state index in [9.17, 15) is 0 Å². The predicted octanol–water partition coefficient (Wildman–Crippen LogP) is 2.87. The van der Waals surface area contributed by atoms with Gasteiger partial charge in [-0.2, -0.15) is 0 Å². The summed E-state index contributed by atoms with van der Waals surface area (Å²) in [7, 11) is 0. The maximum atomic E-state index is 7.35. The number of hydrogen-bond acceptors (Lipinski definition) is 0. The minimum atomic E-state index is 0.294. The quantitative estimate of drug-likeness (QED) is 0.557. The highest BCUT2D eigenvalue weighted by Crippen LogP contribution is 2.12. The van der Waals surface area contributed by atoms with Gasteiger partial charge in [0.25, 0.3) is 0 Å². The van der Waals surface area contributed by atoms with Crippen LogP contribution < -0.4 is 0 Å². The Morgan fingerprint density at radius 1 is 1.40 bits per heavy atom. The van der Waals surface area contributed by atoms with E-state index in [2.05, 4.69) is 6.92 Å². The Morgan fingerprint density at radius 2 is 2.30 bits per heavy atom. The van der Waals surface area contributed by atoms with Crippen LogP contribution in [0.25, 0.3) is 0 Å². The Morgan fingerprint density at radius 3 is 2.90 bits per heavy atom. The third kappa shape index (κ3) is 1.21. The standard InChI is InChI=1S/C10H14/c1-4-10-7-5-6-8(2)9(10)3/h5-7H,4H2,1-3H3/i2D,3D. The van der Waals surface area contributed by atoms with Gasteiger partial charge in [-0.05, 0) is 36.9 Å². The van der Waals surface area contributed by atoms with Crippen LogP contribution in [0.5, 0.6) is 0 Å². The second-order valence-corrected chi connectivity index (χ2v) is 2.41. The molecule has 1 rings (SSSR count). The molecule has 1 aromatic carbocycles. The molecule has 0 unspecified atom stereocenters. The lowest BCUT2D eigenvalue weighted by Gasteiger charge is -2.04. The van der Waals surface area contributed by atoms with Gasteiger partial charge in [-0.15, -0.1) is 0 Å². The van der Waals surface area contributed by atoms with E-state index in [0.717, 1.165) is 17.5 Å². The van der Waals surface area contributed by atoms with Gasteiger partial charge in [-0.25, -0.2) is 0 Å². The number of aryl methyl sites for hydroxylation is 2. The third-order valence-electron chi connectivity index (χ3n) is 1.75. The molecule has 0 aliphatic carbocycles. The van der Waals surface area contributed by atoms with Crippen molar-refractivity contribution in [2.24, 2.45) is 0 Å². The summed E-state index contributed by atoms with van der Waals surface area (Å²) in [4.78, 5) is 0. The van der Waals surface area contributed by atoms with E-state index in [-0.39, 0.29) is 0 Å². The van der Waals surface area contributed by atoms with Crippen LogP contribution in [-0.4, -0.2) is 0 Å². The second-order valence-electron chi connectivity index (χ2n) is 2.41. The second kappa shape index (κ2) is 2.87. The molecule has 0 heteroatoms. The topological polar surface area (TPSA) is 0 Å². The van der Waals surface area contributed by atoms with Crippen LogP contribution in [0, 0.1) is 13.8 Å². The molecular weight excluding hydrogens is 120 g/mol. The van der Waals surface area contributed by atoms with Crippen molar-refractivity contribution < 1.29 is 2.74 Å². The Kier molecular flexibility index (Phi) is 1.42. The number of benzene rings is 1. The highest BCUT2D eigenvalue weighted by molar-refractivity contribution is 5.32. The first-order valence-corrected chi connectivity index (χ1v) is 3.51. The van der Waals surface area contributed by atoms with Crippen molar-refractivity contribution in [3.63, 3.8) is 0 Å². The van der Waals surface area contributed by atoms with E-state index in [4.69, 9.17) is 2.74 Å². The van der Waals surface area contributed by atoms with E-state index in [1.807, 2.05) is 18.2 Å². The van der Waals surface area contributed by atoms with Crippen molar-refractivity contribution in [1.82, 2.24) is 0 Å². The summed E-state index contributed by atoms with van der Waals surface area (Å²) in [6.45, 7) is 2.68. The van der Waals surface area contributed by atoms with Crippen LogP contribution >= 0.6 is 0 Å². The molecule has 0 fully saturated rings. The van der Waals surface area contributed by atoms with Crippen LogP contribution in [0.1, 0.15) is 26.4 Å². The summed E-state index contributed by atoms with van der Waals surface area (Å²) in [6.07, 6.45) is 0.960. The molecule has 0 nitrogen and oxygen atoms in total. The summed E-state index contributed by atoms with van der Waals surface area (Å²) in [5, 5.41) is 0. The first-order chi connectivity index (χ1) is 5.83. The highest BCUT2D eigenvalue weighted by atomic mass is 14.0. The fourth-order valence-electron chi connectivity index (χ4n) is 1.02. The Hall–Kier alpha value is -0.780. The lowest BCUT2D eigenvalue weighted by Crippen LogP contribution is -1.88. The highest BCUT2D eigenvalue weighted by Gasteiger charge is 1.95. The van der Waals surface area contributed by atoms with Crippen molar-refractivity contribution in [3.8, 4) is 0 Å². The zero-order chi connectivity index (χ0) is 8.97. The van der Waals surface area contributed by atoms with Gasteiger partial charge in [0.05, 0.1) is 0 Å². The Labute approximate surface area is 65.7 Å². The molecule has 54 valence electrons. The molecule has 0 bridgehead atoms. The van der Waals surface area contributed by atoms with Crippen molar-refractivity contribution >= 4 is 0 Å². The SMILES string of the molecule is [2H]Cc1cccc(CC)c1C[2H]. The molecule has 0 atom stereocenters. The van der Waals surface area contributed by atoms with E-state index in [1.54, 1.807) is 0 Å². The molecule has 0 aromatic heterocycles. The van der Waals surface area contributed by atoms with Crippen molar-refractivity contribution in [2.75, 3.05) is 0 Å². The molecular formula is C10H14. The molecule has 0 radical (unpaired) electrons. The molecule has 1 aromatic rings. The Bertz CT molecular complexity index is 234. The fourth-order valence-corrected chi connectivity index (χ4v) is 1.02.